The van der Waals surface area contributed by atoms with E-state index < -0.39 is 0 Å². The summed E-state index contributed by atoms with van der Waals surface area (Å²) in [4.78, 5) is 28.0. The highest BCUT2D eigenvalue weighted by molar-refractivity contribution is 5.82. The molecule has 0 bridgehead atoms. The van der Waals surface area contributed by atoms with Crippen molar-refractivity contribution in [3.05, 3.63) is 65.2 Å². The molecule has 0 spiro atoms. The second-order valence-electron chi connectivity index (χ2n) is 6.84. The molecule has 1 aromatic carbocycles. The van der Waals surface area contributed by atoms with Crippen LogP contribution >= 0.6 is 0 Å². The molecular weight excluding hydrogens is 368 g/mol. The molecule has 0 unspecified atom stereocenters. The van der Waals surface area contributed by atoms with Gasteiger partial charge in [0, 0.05) is 29.9 Å². The fourth-order valence-corrected chi connectivity index (χ4v) is 2.87. The molecule has 0 saturated heterocycles. The van der Waals surface area contributed by atoms with Crippen molar-refractivity contribution in [2.24, 2.45) is 0 Å². The Morgan fingerprint density at radius 1 is 1.07 bits per heavy atom. The molecule has 0 radical (unpaired) electrons. The van der Waals surface area contributed by atoms with E-state index >= 15 is 0 Å². The van der Waals surface area contributed by atoms with E-state index in [1.807, 2.05) is 38.1 Å². The largest absolute Gasteiger partial charge is 0.457 e. The Morgan fingerprint density at radius 3 is 2.66 bits per heavy atom. The summed E-state index contributed by atoms with van der Waals surface area (Å²) in [6.45, 7) is 3.95. The summed E-state index contributed by atoms with van der Waals surface area (Å²) in [7, 11) is 0. The molecule has 29 heavy (non-hydrogen) atoms. The Labute approximate surface area is 166 Å². The molecule has 0 saturated carbocycles. The minimum Gasteiger partial charge on any atom is -0.457 e. The smallest absolute Gasteiger partial charge is 0.261 e. The van der Waals surface area contributed by atoms with Gasteiger partial charge in [-0.3, -0.25) is 9.78 Å². The molecule has 3 heterocycles. The highest BCUT2D eigenvalue weighted by Crippen LogP contribution is 2.27. The van der Waals surface area contributed by atoms with Crippen molar-refractivity contribution < 1.29 is 4.74 Å². The number of rotatable bonds is 5. The lowest BCUT2D eigenvalue weighted by atomic mass is 10.1. The van der Waals surface area contributed by atoms with Crippen LogP contribution in [0, 0.1) is 0 Å². The number of aromatic nitrogens is 4. The minimum absolute atomic E-state index is 0.169. The van der Waals surface area contributed by atoms with Crippen LogP contribution in [-0.4, -0.2) is 26.0 Å². The van der Waals surface area contributed by atoms with Gasteiger partial charge in [0.05, 0.1) is 16.8 Å². The average molecular weight is 388 g/mol. The molecule has 4 rings (SSSR count). The maximum absolute atomic E-state index is 12.4. The molecule has 0 aliphatic carbocycles. The maximum Gasteiger partial charge on any atom is 0.261 e. The Bertz CT molecular complexity index is 1240. The molecule has 4 N–H and O–H groups in total. The molecule has 146 valence electrons. The minimum atomic E-state index is -0.245. The Kier molecular flexibility index (Phi) is 4.82. The number of pyridine rings is 2. The number of anilines is 2. The fraction of sp³-hybridized carbons (Fsp3) is 0.143. The molecule has 3 aromatic heterocycles. The van der Waals surface area contributed by atoms with Gasteiger partial charge in [0.2, 0.25) is 5.95 Å². The molecule has 4 aromatic rings. The number of aromatic amines is 1. The maximum atomic E-state index is 12.4. The summed E-state index contributed by atoms with van der Waals surface area (Å²) in [5.74, 6) is 2.09. The molecular formula is C21H20N6O2. The van der Waals surface area contributed by atoms with E-state index in [1.54, 1.807) is 24.4 Å². The number of nitrogen functional groups attached to an aromatic ring is 1. The second-order valence-corrected chi connectivity index (χ2v) is 6.84. The molecule has 0 aliphatic rings. The second kappa shape index (κ2) is 7.59. The van der Waals surface area contributed by atoms with Gasteiger partial charge in [-0.05, 0) is 44.2 Å². The Morgan fingerprint density at radius 2 is 1.90 bits per heavy atom. The van der Waals surface area contributed by atoms with Crippen molar-refractivity contribution in [2.45, 2.75) is 19.9 Å². The quantitative estimate of drug-likeness (QED) is 0.478. The average Bonchev–Trinajstić information content (AvgIpc) is 2.67. The molecule has 0 aliphatic heterocycles. The number of benzene rings is 1. The first-order chi connectivity index (χ1) is 14.0. The van der Waals surface area contributed by atoms with E-state index in [0.29, 0.717) is 34.5 Å². The first-order valence-electron chi connectivity index (χ1n) is 9.14. The van der Waals surface area contributed by atoms with Crippen molar-refractivity contribution in [1.29, 1.82) is 0 Å². The van der Waals surface area contributed by atoms with Gasteiger partial charge in [0.25, 0.3) is 5.56 Å². The van der Waals surface area contributed by atoms with E-state index in [0.717, 1.165) is 10.9 Å². The standard InChI is InChI=1S/C21H20N6O2/c1-12(2)25-21-24-11-16(20(28)27-21)18-5-3-13-9-14(4-6-17(13)26-18)29-15-7-8-23-19(22)10-15/h3-12H,1-2H3,(H2,22,23)(H2,24,25,27,28). The number of ether oxygens (including phenoxy) is 1. The summed E-state index contributed by atoms with van der Waals surface area (Å²) < 4.78 is 5.83. The van der Waals surface area contributed by atoms with Crippen molar-refractivity contribution in [3.8, 4) is 22.8 Å². The van der Waals surface area contributed by atoms with Crippen LogP contribution < -0.4 is 21.3 Å². The first-order valence-corrected chi connectivity index (χ1v) is 9.14. The van der Waals surface area contributed by atoms with Crippen molar-refractivity contribution in [2.75, 3.05) is 11.1 Å². The van der Waals surface area contributed by atoms with Crippen LogP contribution in [0.2, 0.25) is 0 Å². The fourth-order valence-electron chi connectivity index (χ4n) is 2.87. The van der Waals surface area contributed by atoms with Crippen LogP contribution in [-0.2, 0) is 0 Å². The van der Waals surface area contributed by atoms with Gasteiger partial charge in [-0.15, -0.1) is 0 Å². The Hall–Kier alpha value is -3.94. The van der Waals surface area contributed by atoms with Crippen LogP contribution in [0.5, 0.6) is 11.5 Å². The van der Waals surface area contributed by atoms with Gasteiger partial charge in [0.1, 0.15) is 17.3 Å². The predicted molar refractivity (Wildman–Crippen MR) is 113 cm³/mol. The zero-order chi connectivity index (χ0) is 20.4. The number of nitrogens with two attached hydrogens (primary N) is 1. The summed E-state index contributed by atoms with van der Waals surface area (Å²) in [6, 6.07) is 12.8. The van der Waals surface area contributed by atoms with Gasteiger partial charge in [-0.2, -0.15) is 0 Å². The number of fused-ring (bicyclic) bond motifs is 1. The topological polar surface area (TPSA) is 119 Å². The van der Waals surface area contributed by atoms with Crippen LogP contribution in [0.4, 0.5) is 11.8 Å². The first kappa shape index (κ1) is 18.4. The summed E-state index contributed by atoms with van der Waals surface area (Å²) in [5, 5.41) is 3.96. The summed E-state index contributed by atoms with van der Waals surface area (Å²) in [5.41, 5.74) is 7.14. The monoisotopic (exact) mass is 388 g/mol. The summed E-state index contributed by atoms with van der Waals surface area (Å²) in [6.07, 6.45) is 3.12. The molecule has 0 amide bonds. The SMILES string of the molecule is CC(C)Nc1ncc(-c2ccc3cc(Oc4ccnc(N)c4)ccc3n2)c(=O)[nH]1. The highest BCUT2D eigenvalue weighted by atomic mass is 16.5. The molecule has 8 heteroatoms. The van der Waals surface area contributed by atoms with E-state index in [1.165, 1.54) is 6.20 Å². The third kappa shape index (κ3) is 4.16. The van der Waals surface area contributed by atoms with E-state index in [2.05, 4.69) is 25.3 Å². The van der Waals surface area contributed by atoms with Crippen LogP contribution in [0.15, 0.2) is 59.7 Å². The number of hydrogen-bond donors (Lipinski definition) is 3. The van der Waals surface area contributed by atoms with Gasteiger partial charge >= 0.3 is 0 Å². The van der Waals surface area contributed by atoms with Crippen molar-refractivity contribution >= 4 is 22.7 Å². The number of hydrogen-bond acceptors (Lipinski definition) is 7. The van der Waals surface area contributed by atoms with E-state index in [9.17, 15) is 4.79 Å². The number of nitrogens with zero attached hydrogens (tertiary/aromatic N) is 3. The lowest BCUT2D eigenvalue weighted by molar-refractivity contribution is 0.483. The van der Waals surface area contributed by atoms with Gasteiger partial charge in [0.15, 0.2) is 0 Å². The van der Waals surface area contributed by atoms with E-state index in [4.69, 9.17) is 10.5 Å². The van der Waals surface area contributed by atoms with E-state index in [-0.39, 0.29) is 11.6 Å². The Balaban J connectivity index is 1.62. The number of nitrogens with one attached hydrogen (secondary N) is 2. The van der Waals surface area contributed by atoms with Crippen molar-refractivity contribution in [3.63, 3.8) is 0 Å². The van der Waals surface area contributed by atoms with Crippen LogP contribution in [0.25, 0.3) is 22.2 Å². The zero-order valence-electron chi connectivity index (χ0n) is 16.0. The lowest BCUT2D eigenvalue weighted by Crippen LogP contribution is -2.18. The van der Waals surface area contributed by atoms with Gasteiger partial charge < -0.3 is 15.8 Å². The number of H-pyrrole nitrogens is 1. The van der Waals surface area contributed by atoms with Crippen molar-refractivity contribution in [1.82, 2.24) is 19.9 Å². The molecule has 0 fully saturated rings. The highest BCUT2D eigenvalue weighted by Gasteiger charge is 2.09. The van der Waals surface area contributed by atoms with Crippen LogP contribution in [0.3, 0.4) is 0 Å². The predicted octanol–water partition coefficient (Wildman–Crippen LogP) is 3.57. The van der Waals surface area contributed by atoms with Gasteiger partial charge in [-0.1, -0.05) is 6.07 Å². The zero-order valence-corrected chi connectivity index (χ0v) is 16.0. The third-order valence-corrected chi connectivity index (χ3v) is 4.15. The van der Waals surface area contributed by atoms with Crippen LogP contribution in [0.1, 0.15) is 13.8 Å². The molecule has 0 atom stereocenters. The lowest BCUT2D eigenvalue weighted by Gasteiger charge is -2.09. The third-order valence-electron chi connectivity index (χ3n) is 4.15. The van der Waals surface area contributed by atoms with Gasteiger partial charge in [-0.25, -0.2) is 15.0 Å². The normalized spacial score (nSPS) is 11.0. The summed E-state index contributed by atoms with van der Waals surface area (Å²) >= 11 is 0. The molecule has 8 nitrogen and oxygen atoms in total.